The molecule has 2 aromatic carbocycles. The van der Waals surface area contributed by atoms with Crippen LogP contribution >= 0.6 is 15.9 Å². The first-order valence-electron chi connectivity index (χ1n) is 6.39. The first-order valence-corrected chi connectivity index (χ1v) is 7.18. The molecule has 0 heterocycles. The van der Waals surface area contributed by atoms with Crippen LogP contribution in [0.5, 0.6) is 0 Å². The van der Waals surface area contributed by atoms with Gasteiger partial charge in [-0.2, -0.15) is 0 Å². The summed E-state index contributed by atoms with van der Waals surface area (Å²) in [7, 11) is 4.05. The molecule has 0 bridgehead atoms. The summed E-state index contributed by atoms with van der Waals surface area (Å²) in [6, 6.07) is 17.2. The molecule has 1 atom stereocenters. The number of halogens is 1. The third-order valence-electron chi connectivity index (χ3n) is 3.41. The second-order valence-corrected chi connectivity index (χ2v) is 5.47. The predicted molar refractivity (Wildman–Crippen MR) is 86.1 cm³/mol. The Hall–Kier alpha value is -1.32. The minimum absolute atomic E-state index is 0.338. The van der Waals surface area contributed by atoms with Gasteiger partial charge in [0, 0.05) is 28.9 Å². The lowest BCUT2D eigenvalue weighted by molar-refractivity contribution is 0.649. The number of nitrogens with one attached hydrogen (secondary N) is 1. The van der Waals surface area contributed by atoms with Gasteiger partial charge in [0.05, 0.1) is 0 Å². The van der Waals surface area contributed by atoms with Crippen LogP contribution in [0.15, 0.2) is 53.0 Å². The maximum atomic E-state index is 3.66. The van der Waals surface area contributed by atoms with E-state index in [2.05, 4.69) is 82.6 Å². The average Bonchev–Trinajstić information content (AvgIpc) is 2.46. The molecule has 2 rings (SSSR count). The Morgan fingerprint density at radius 1 is 1.05 bits per heavy atom. The highest BCUT2D eigenvalue weighted by atomic mass is 79.9. The fraction of sp³-hybridized carbons (Fsp3) is 0.250. The average molecular weight is 319 g/mol. The largest absolute Gasteiger partial charge is 0.345 e. The SMILES string of the molecule is CNC(C)c1ccc(N(C)c2ccccc2)cc1Br. The van der Waals surface area contributed by atoms with Crippen molar-refractivity contribution in [2.75, 3.05) is 19.0 Å². The van der Waals surface area contributed by atoms with Crippen molar-refractivity contribution in [3.63, 3.8) is 0 Å². The summed E-state index contributed by atoms with van der Waals surface area (Å²) in [6.07, 6.45) is 0. The van der Waals surface area contributed by atoms with E-state index in [1.54, 1.807) is 0 Å². The molecular weight excluding hydrogens is 300 g/mol. The molecule has 3 heteroatoms. The van der Waals surface area contributed by atoms with E-state index in [1.165, 1.54) is 16.9 Å². The van der Waals surface area contributed by atoms with Gasteiger partial charge in [-0.15, -0.1) is 0 Å². The third kappa shape index (κ3) is 3.17. The van der Waals surface area contributed by atoms with Crippen molar-refractivity contribution in [1.29, 1.82) is 0 Å². The molecule has 0 aliphatic rings. The minimum atomic E-state index is 0.338. The Kier molecular flexibility index (Phi) is 4.61. The normalized spacial score (nSPS) is 12.2. The van der Waals surface area contributed by atoms with Crippen LogP contribution in [0.4, 0.5) is 11.4 Å². The van der Waals surface area contributed by atoms with Crippen LogP contribution in [0, 0.1) is 0 Å². The molecule has 1 unspecified atom stereocenters. The van der Waals surface area contributed by atoms with Crippen molar-refractivity contribution >= 4 is 27.3 Å². The zero-order valence-electron chi connectivity index (χ0n) is 11.5. The van der Waals surface area contributed by atoms with Crippen molar-refractivity contribution in [3.05, 3.63) is 58.6 Å². The first kappa shape index (κ1) is 14.1. The van der Waals surface area contributed by atoms with Crippen molar-refractivity contribution in [3.8, 4) is 0 Å². The Labute approximate surface area is 123 Å². The van der Waals surface area contributed by atoms with Gasteiger partial charge < -0.3 is 10.2 Å². The molecular formula is C16H19BrN2. The highest BCUT2D eigenvalue weighted by Gasteiger charge is 2.10. The van der Waals surface area contributed by atoms with Crippen LogP contribution < -0.4 is 10.2 Å². The van der Waals surface area contributed by atoms with E-state index >= 15 is 0 Å². The van der Waals surface area contributed by atoms with E-state index in [0.717, 1.165) is 4.47 Å². The van der Waals surface area contributed by atoms with Gasteiger partial charge in [0.25, 0.3) is 0 Å². The highest BCUT2D eigenvalue weighted by molar-refractivity contribution is 9.10. The summed E-state index contributed by atoms with van der Waals surface area (Å²) in [5, 5.41) is 3.26. The number of hydrogen-bond donors (Lipinski definition) is 1. The van der Waals surface area contributed by atoms with E-state index in [4.69, 9.17) is 0 Å². The second-order valence-electron chi connectivity index (χ2n) is 4.61. The molecule has 0 aliphatic heterocycles. The van der Waals surface area contributed by atoms with Gasteiger partial charge in [0.15, 0.2) is 0 Å². The minimum Gasteiger partial charge on any atom is -0.345 e. The fourth-order valence-corrected chi connectivity index (χ4v) is 2.74. The Morgan fingerprint density at radius 3 is 2.32 bits per heavy atom. The van der Waals surface area contributed by atoms with Gasteiger partial charge >= 0.3 is 0 Å². The van der Waals surface area contributed by atoms with Crippen LogP contribution in [-0.2, 0) is 0 Å². The fourth-order valence-electron chi connectivity index (χ4n) is 2.03. The molecule has 0 aromatic heterocycles. The molecule has 2 nitrogen and oxygen atoms in total. The van der Waals surface area contributed by atoms with E-state index < -0.39 is 0 Å². The monoisotopic (exact) mass is 318 g/mol. The molecule has 100 valence electrons. The summed E-state index contributed by atoms with van der Waals surface area (Å²) in [5.74, 6) is 0. The Morgan fingerprint density at radius 2 is 1.74 bits per heavy atom. The number of para-hydroxylation sites is 1. The predicted octanol–water partition coefficient (Wildman–Crippen LogP) is 4.50. The van der Waals surface area contributed by atoms with Gasteiger partial charge in [-0.25, -0.2) is 0 Å². The zero-order valence-corrected chi connectivity index (χ0v) is 13.1. The quantitative estimate of drug-likeness (QED) is 0.893. The topological polar surface area (TPSA) is 15.3 Å². The number of benzene rings is 2. The Bertz CT molecular complexity index is 540. The molecule has 0 saturated heterocycles. The van der Waals surface area contributed by atoms with Gasteiger partial charge in [-0.3, -0.25) is 0 Å². The van der Waals surface area contributed by atoms with Gasteiger partial charge in [-0.1, -0.05) is 40.2 Å². The molecule has 0 radical (unpaired) electrons. The van der Waals surface area contributed by atoms with E-state index in [9.17, 15) is 0 Å². The molecule has 0 saturated carbocycles. The van der Waals surface area contributed by atoms with E-state index in [-0.39, 0.29) is 0 Å². The van der Waals surface area contributed by atoms with Crippen molar-refractivity contribution in [2.45, 2.75) is 13.0 Å². The highest BCUT2D eigenvalue weighted by Crippen LogP contribution is 2.30. The van der Waals surface area contributed by atoms with Gasteiger partial charge in [0.2, 0.25) is 0 Å². The second kappa shape index (κ2) is 6.22. The van der Waals surface area contributed by atoms with Gasteiger partial charge in [0.1, 0.15) is 0 Å². The molecule has 0 fully saturated rings. The maximum absolute atomic E-state index is 3.66. The standard InChI is InChI=1S/C16H19BrN2/c1-12(18-2)15-10-9-14(11-16(15)17)19(3)13-7-5-4-6-8-13/h4-12,18H,1-3H3. The van der Waals surface area contributed by atoms with Crippen molar-refractivity contribution < 1.29 is 0 Å². The number of rotatable bonds is 4. The van der Waals surface area contributed by atoms with Crippen LogP contribution in [-0.4, -0.2) is 14.1 Å². The van der Waals surface area contributed by atoms with E-state index in [1.807, 2.05) is 13.1 Å². The number of anilines is 2. The molecule has 0 spiro atoms. The summed E-state index contributed by atoms with van der Waals surface area (Å²) < 4.78 is 1.13. The number of hydrogen-bond acceptors (Lipinski definition) is 2. The molecule has 1 N–H and O–H groups in total. The summed E-state index contributed by atoms with van der Waals surface area (Å²) in [6.45, 7) is 2.15. The summed E-state index contributed by atoms with van der Waals surface area (Å²) >= 11 is 3.66. The number of nitrogens with zero attached hydrogens (tertiary/aromatic N) is 1. The lowest BCUT2D eigenvalue weighted by atomic mass is 10.1. The van der Waals surface area contributed by atoms with Crippen LogP contribution in [0.25, 0.3) is 0 Å². The zero-order chi connectivity index (χ0) is 13.8. The van der Waals surface area contributed by atoms with Crippen molar-refractivity contribution in [2.24, 2.45) is 0 Å². The first-order chi connectivity index (χ1) is 9.13. The maximum Gasteiger partial charge on any atom is 0.0419 e. The summed E-state index contributed by atoms with van der Waals surface area (Å²) in [4.78, 5) is 2.18. The lowest BCUT2D eigenvalue weighted by Crippen LogP contribution is -2.14. The van der Waals surface area contributed by atoms with Crippen molar-refractivity contribution in [1.82, 2.24) is 5.32 Å². The van der Waals surface area contributed by atoms with Gasteiger partial charge in [-0.05, 0) is 43.8 Å². The summed E-state index contributed by atoms with van der Waals surface area (Å²) in [5.41, 5.74) is 3.63. The lowest BCUT2D eigenvalue weighted by Gasteiger charge is -2.21. The molecule has 0 amide bonds. The van der Waals surface area contributed by atoms with Crippen LogP contribution in [0.3, 0.4) is 0 Å². The van der Waals surface area contributed by atoms with Crippen LogP contribution in [0.2, 0.25) is 0 Å². The molecule has 2 aromatic rings. The third-order valence-corrected chi connectivity index (χ3v) is 4.10. The van der Waals surface area contributed by atoms with E-state index in [0.29, 0.717) is 6.04 Å². The molecule has 19 heavy (non-hydrogen) atoms. The Balaban J connectivity index is 2.30. The smallest absolute Gasteiger partial charge is 0.0419 e. The van der Waals surface area contributed by atoms with Crippen LogP contribution in [0.1, 0.15) is 18.5 Å². The molecule has 0 aliphatic carbocycles.